The second-order valence-corrected chi connectivity index (χ2v) is 7.47. The van der Waals surface area contributed by atoms with Crippen LogP contribution in [0.25, 0.3) is 11.0 Å². The lowest BCUT2D eigenvalue weighted by Gasteiger charge is -2.22. The lowest BCUT2D eigenvalue weighted by atomic mass is 9.85. The number of fused-ring (bicyclic) bond motifs is 1. The molecule has 1 aliphatic carbocycles. The molecule has 0 atom stereocenters. The number of hydrogen-bond acceptors (Lipinski definition) is 4. The number of nitrogens with zero attached hydrogens (tertiary/aromatic N) is 2. The van der Waals surface area contributed by atoms with Gasteiger partial charge in [0.1, 0.15) is 17.5 Å². The lowest BCUT2D eigenvalue weighted by Crippen LogP contribution is -2.14. The molecular formula is C23H20FN5O. The van der Waals surface area contributed by atoms with E-state index in [1.165, 1.54) is 31.4 Å². The fourth-order valence-corrected chi connectivity index (χ4v) is 3.57. The van der Waals surface area contributed by atoms with Crippen LogP contribution in [0.15, 0.2) is 60.8 Å². The van der Waals surface area contributed by atoms with Crippen molar-refractivity contribution >= 4 is 34.1 Å². The van der Waals surface area contributed by atoms with Crippen LogP contribution in [0.3, 0.4) is 0 Å². The Morgan fingerprint density at radius 2 is 1.97 bits per heavy atom. The summed E-state index contributed by atoms with van der Waals surface area (Å²) in [6.45, 7) is 0. The largest absolute Gasteiger partial charge is 0.342 e. The Kier molecular flexibility index (Phi) is 4.63. The zero-order chi connectivity index (χ0) is 20.5. The maximum absolute atomic E-state index is 13.5. The SMILES string of the molecule is O=C(Nc1ccc2nc(C3CCC3)[nH]c2c1)c1cccnc1Nc1cccc(F)c1. The maximum atomic E-state index is 13.5. The quantitative estimate of drug-likeness (QED) is 0.420. The minimum Gasteiger partial charge on any atom is -0.342 e. The monoisotopic (exact) mass is 401 g/mol. The number of benzene rings is 2. The number of aromatic nitrogens is 3. The molecule has 2 aromatic carbocycles. The van der Waals surface area contributed by atoms with Crippen molar-refractivity contribution in [3.8, 4) is 0 Å². The highest BCUT2D eigenvalue weighted by atomic mass is 19.1. The molecule has 1 fully saturated rings. The van der Waals surface area contributed by atoms with Gasteiger partial charge in [-0.1, -0.05) is 12.5 Å². The first-order chi connectivity index (χ1) is 14.7. The van der Waals surface area contributed by atoms with Gasteiger partial charge >= 0.3 is 0 Å². The number of nitrogens with one attached hydrogen (secondary N) is 3. The zero-order valence-electron chi connectivity index (χ0n) is 16.2. The highest BCUT2D eigenvalue weighted by Gasteiger charge is 2.22. The molecule has 0 spiro atoms. The van der Waals surface area contributed by atoms with Crippen LogP contribution >= 0.6 is 0 Å². The van der Waals surface area contributed by atoms with Crippen molar-refractivity contribution < 1.29 is 9.18 Å². The van der Waals surface area contributed by atoms with Gasteiger partial charge < -0.3 is 15.6 Å². The van der Waals surface area contributed by atoms with Crippen LogP contribution in [-0.4, -0.2) is 20.9 Å². The van der Waals surface area contributed by atoms with Gasteiger partial charge in [-0.25, -0.2) is 14.4 Å². The van der Waals surface area contributed by atoms with Crippen LogP contribution in [0.5, 0.6) is 0 Å². The summed E-state index contributed by atoms with van der Waals surface area (Å²) in [4.78, 5) is 25.2. The topological polar surface area (TPSA) is 82.7 Å². The molecule has 0 unspecified atom stereocenters. The molecule has 0 bridgehead atoms. The van der Waals surface area contributed by atoms with Gasteiger partial charge in [0.25, 0.3) is 5.91 Å². The number of amides is 1. The van der Waals surface area contributed by atoms with Gasteiger partial charge in [0.2, 0.25) is 0 Å². The van der Waals surface area contributed by atoms with Crippen molar-refractivity contribution in [1.29, 1.82) is 0 Å². The van der Waals surface area contributed by atoms with Crippen LogP contribution < -0.4 is 10.6 Å². The van der Waals surface area contributed by atoms with E-state index >= 15 is 0 Å². The van der Waals surface area contributed by atoms with Crippen molar-refractivity contribution in [2.24, 2.45) is 0 Å². The molecule has 0 radical (unpaired) electrons. The third-order valence-electron chi connectivity index (χ3n) is 5.39. The number of hydrogen-bond donors (Lipinski definition) is 3. The maximum Gasteiger partial charge on any atom is 0.259 e. The van der Waals surface area contributed by atoms with Crippen LogP contribution in [-0.2, 0) is 0 Å². The molecule has 5 rings (SSSR count). The molecule has 6 nitrogen and oxygen atoms in total. The van der Waals surface area contributed by atoms with Crippen molar-refractivity contribution in [2.75, 3.05) is 10.6 Å². The van der Waals surface area contributed by atoms with Crippen molar-refractivity contribution in [2.45, 2.75) is 25.2 Å². The third kappa shape index (κ3) is 3.61. The van der Waals surface area contributed by atoms with Crippen LogP contribution in [0.1, 0.15) is 41.4 Å². The van der Waals surface area contributed by atoms with E-state index in [4.69, 9.17) is 0 Å². The Morgan fingerprint density at radius 1 is 1.07 bits per heavy atom. The van der Waals surface area contributed by atoms with E-state index in [0.29, 0.717) is 28.7 Å². The molecule has 2 heterocycles. The molecule has 4 aromatic rings. The van der Waals surface area contributed by atoms with Crippen molar-refractivity contribution in [3.05, 3.63) is 78.0 Å². The Balaban J connectivity index is 1.37. The number of carbonyl (C=O) groups is 1. The second kappa shape index (κ2) is 7.59. The number of aromatic amines is 1. The summed E-state index contributed by atoms with van der Waals surface area (Å²) in [6, 6.07) is 15.0. The van der Waals surface area contributed by atoms with Gasteiger partial charge in [0, 0.05) is 23.5 Å². The van der Waals surface area contributed by atoms with E-state index in [-0.39, 0.29) is 11.7 Å². The number of rotatable bonds is 5. The summed E-state index contributed by atoms with van der Waals surface area (Å²) in [5.74, 6) is 1.22. The summed E-state index contributed by atoms with van der Waals surface area (Å²) in [7, 11) is 0. The number of imidazole rings is 1. The Bertz CT molecular complexity index is 1230. The third-order valence-corrected chi connectivity index (χ3v) is 5.39. The van der Waals surface area contributed by atoms with Gasteiger partial charge in [-0.15, -0.1) is 0 Å². The van der Waals surface area contributed by atoms with Gasteiger partial charge in [-0.2, -0.15) is 0 Å². The number of H-pyrrole nitrogens is 1. The fraction of sp³-hybridized carbons (Fsp3) is 0.174. The molecule has 3 N–H and O–H groups in total. The fourth-order valence-electron chi connectivity index (χ4n) is 3.57. The molecule has 1 aliphatic rings. The summed E-state index contributed by atoms with van der Waals surface area (Å²) in [5, 5.41) is 5.92. The Morgan fingerprint density at radius 3 is 2.77 bits per heavy atom. The molecule has 0 saturated heterocycles. The van der Waals surface area contributed by atoms with Gasteiger partial charge in [-0.3, -0.25) is 4.79 Å². The van der Waals surface area contributed by atoms with E-state index in [0.717, 1.165) is 16.9 Å². The average molecular weight is 401 g/mol. The van der Waals surface area contributed by atoms with E-state index in [9.17, 15) is 9.18 Å². The number of halogens is 1. The van der Waals surface area contributed by atoms with Crippen molar-refractivity contribution in [3.63, 3.8) is 0 Å². The Labute approximate surface area is 172 Å². The normalized spacial score (nSPS) is 13.8. The zero-order valence-corrected chi connectivity index (χ0v) is 16.2. The van der Waals surface area contributed by atoms with E-state index in [1.54, 1.807) is 30.5 Å². The summed E-state index contributed by atoms with van der Waals surface area (Å²) in [5.41, 5.74) is 3.34. The Hall–Kier alpha value is -3.74. The molecule has 150 valence electrons. The highest BCUT2D eigenvalue weighted by Crippen LogP contribution is 2.35. The lowest BCUT2D eigenvalue weighted by molar-refractivity contribution is 0.102. The summed E-state index contributed by atoms with van der Waals surface area (Å²) >= 11 is 0. The predicted molar refractivity (Wildman–Crippen MR) is 115 cm³/mol. The second-order valence-electron chi connectivity index (χ2n) is 7.47. The van der Waals surface area contributed by atoms with Crippen LogP contribution in [0.2, 0.25) is 0 Å². The standard InChI is InChI=1S/C23H20FN5O/c24-15-6-2-7-16(12-15)26-22-18(8-3-11-25-22)23(30)27-17-9-10-19-20(13-17)29-21(28-19)14-4-1-5-14/h2-3,6-14H,1,4-5H2,(H,25,26)(H,27,30)(H,28,29). The average Bonchev–Trinajstić information content (AvgIpc) is 3.09. The van der Waals surface area contributed by atoms with Gasteiger partial charge in [-0.05, 0) is 61.4 Å². The molecule has 1 amide bonds. The number of anilines is 3. The summed E-state index contributed by atoms with van der Waals surface area (Å²) < 4.78 is 13.5. The van der Waals surface area contributed by atoms with Gasteiger partial charge in [0.05, 0.1) is 16.6 Å². The van der Waals surface area contributed by atoms with Crippen molar-refractivity contribution in [1.82, 2.24) is 15.0 Å². The highest BCUT2D eigenvalue weighted by molar-refractivity contribution is 6.08. The van der Waals surface area contributed by atoms with E-state index in [2.05, 4.69) is 25.6 Å². The van der Waals surface area contributed by atoms with Crippen LogP contribution in [0.4, 0.5) is 21.6 Å². The molecule has 1 saturated carbocycles. The molecule has 7 heteroatoms. The number of carbonyl (C=O) groups excluding carboxylic acids is 1. The van der Waals surface area contributed by atoms with E-state index < -0.39 is 0 Å². The molecule has 2 aromatic heterocycles. The minimum atomic E-state index is -0.365. The van der Waals surface area contributed by atoms with Gasteiger partial charge in [0.15, 0.2) is 0 Å². The van der Waals surface area contributed by atoms with Crippen LogP contribution in [0, 0.1) is 5.82 Å². The smallest absolute Gasteiger partial charge is 0.259 e. The molecular weight excluding hydrogens is 381 g/mol. The first-order valence-electron chi connectivity index (χ1n) is 9.94. The molecule has 30 heavy (non-hydrogen) atoms. The minimum absolute atomic E-state index is 0.305. The number of pyridine rings is 1. The predicted octanol–water partition coefficient (Wildman–Crippen LogP) is 5.36. The van der Waals surface area contributed by atoms with E-state index in [1.807, 2.05) is 18.2 Å². The molecule has 0 aliphatic heterocycles. The first kappa shape index (κ1) is 18.3. The first-order valence-corrected chi connectivity index (χ1v) is 9.94. The summed E-state index contributed by atoms with van der Waals surface area (Å²) in [6.07, 6.45) is 5.17.